The predicted molar refractivity (Wildman–Crippen MR) is 94.7 cm³/mol. The molecule has 1 aliphatic carbocycles. The van der Waals surface area contributed by atoms with Gasteiger partial charge in [-0.3, -0.25) is 4.99 Å². The number of nitrogens with zero attached hydrogens (tertiary/aromatic N) is 1. The van der Waals surface area contributed by atoms with Gasteiger partial charge in [-0.2, -0.15) is 0 Å². The first-order chi connectivity index (χ1) is 11.3. The predicted octanol–water partition coefficient (Wildman–Crippen LogP) is 3.30. The standard InChI is InChI=1S/C18H29N3O2/c1-22-14-15-8-6-7-11-17(15)21-18(19)20-12-13-23-16-9-4-2-3-5-10-16/h6-8,11,16H,2-5,9-10,12-14H2,1H3,(H3,19,20,21). The Labute approximate surface area is 139 Å². The van der Waals surface area contributed by atoms with E-state index in [-0.39, 0.29) is 0 Å². The summed E-state index contributed by atoms with van der Waals surface area (Å²) < 4.78 is 11.1. The molecule has 1 saturated carbocycles. The highest BCUT2D eigenvalue weighted by atomic mass is 16.5. The largest absolute Gasteiger partial charge is 0.380 e. The van der Waals surface area contributed by atoms with Crippen LogP contribution in [-0.4, -0.2) is 32.3 Å². The van der Waals surface area contributed by atoms with Crippen LogP contribution in [0.25, 0.3) is 0 Å². The van der Waals surface area contributed by atoms with Gasteiger partial charge in [0.05, 0.1) is 25.9 Å². The first kappa shape index (κ1) is 17.8. The van der Waals surface area contributed by atoms with Gasteiger partial charge >= 0.3 is 0 Å². The second-order valence-electron chi connectivity index (χ2n) is 5.97. The number of para-hydroxylation sites is 1. The molecular weight excluding hydrogens is 290 g/mol. The molecule has 0 aromatic heterocycles. The highest BCUT2D eigenvalue weighted by molar-refractivity contribution is 5.92. The zero-order chi connectivity index (χ0) is 16.3. The molecule has 0 heterocycles. The van der Waals surface area contributed by atoms with Crippen LogP contribution in [0, 0.1) is 0 Å². The molecule has 128 valence electrons. The van der Waals surface area contributed by atoms with E-state index in [1.165, 1.54) is 38.5 Å². The minimum atomic E-state index is 0.407. The maximum absolute atomic E-state index is 5.96. The van der Waals surface area contributed by atoms with E-state index < -0.39 is 0 Å². The van der Waals surface area contributed by atoms with Crippen molar-refractivity contribution in [2.24, 2.45) is 10.7 Å². The molecule has 0 saturated heterocycles. The van der Waals surface area contributed by atoms with E-state index in [1.54, 1.807) is 7.11 Å². The minimum Gasteiger partial charge on any atom is -0.380 e. The Morgan fingerprint density at radius 1 is 1.22 bits per heavy atom. The molecular formula is C18H29N3O2. The summed E-state index contributed by atoms with van der Waals surface area (Å²) in [5.74, 6) is 0.415. The third-order valence-electron chi connectivity index (χ3n) is 4.11. The van der Waals surface area contributed by atoms with Crippen molar-refractivity contribution >= 4 is 11.6 Å². The summed E-state index contributed by atoms with van der Waals surface area (Å²) in [6.07, 6.45) is 8.03. The molecule has 0 aliphatic heterocycles. The van der Waals surface area contributed by atoms with Crippen molar-refractivity contribution in [3.8, 4) is 0 Å². The van der Waals surface area contributed by atoms with Crippen molar-refractivity contribution < 1.29 is 9.47 Å². The molecule has 1 aliphatic rings. The molecule has 0 radical (unpaired) electrons. The molecule has 0 unspecified atom stereocenters. The van der Waals surface area contributed by atoms with E-state index in [9.17, 15) is 0 Å². The number of ether oxygens (including phenoxy) is 2. The summed E-state index contributed by atoms with van der Waals surface area (Å²) in [5.41, 5.74) is 7.95. The lowest BCUT2D eigenvalue weighted by Crippen LogP contribution is -2.24. The quantitative estimate of drug-likeness (QED) is 0.350. The highest BCUT2D eigenvalue weighted by Crippen LogP contribution is 2.19. The molecule has 5 heteroatoms. The molecule has 0 bridgehead atoms. The third kappa shape index (κ3) is 6.59. The number of hydrogen-bond donors (Lipinski definition) is 2. The highest BCUT2D eigenvalue weighted by Gasteiger charge is 2.11. The molecule has 0 spiro atoms. The van der Waals surface area contributed by atoms with Gasteiger partial charge in [0.2, 0.25) is 0 Å². The minimum absolute atomic E-state index is 0.407. The van der Waals surface area contributed by atoms with Crippen LogP contribution in [-0.2, 0) is 16.1 Å². The van der Waals surface area contributed by atoms with Crippen molar-refractivity contribution in [2.45, 2.75) is 51.2 Å². The van der Waals surface area contributed by atoms with Crippen LogP contribution >= 0.6 is 0 Å². The fourth-order valence-corrected chi connectivity index (χ4v) is 2.90. The Hall–Kier alpha value is -1.59. The molecule has 1 fully saturated rings. The molecule has 3 N–H and O–H groups in total. The lowest BCUT2D eigenvalue weighted by Gasteiger charge is -2.14. The molecule has 1 aromatic rings. The number of methoxy groups -OCH3 is 1. The van der Waals surface area contributed by atoms with E-state index in [1.807, 2.05) is 24.3 Å². The Kier molecular flexibility index (Phi) is 7.90. The van der Waals surface area contributed by atoms with Crippen molar-refractivity contribution in [3.05, 3.63) is 29.8 Å². The van der Waals surface area contributed by atoms with Crippen LogP contribution < -0.4 is 11.1 Å². The number of nitrogens with two attached hydrogens (primary N) is 1. The fraction of sp³-hybridized carbons (Fsp3) is 0.611. The lowest BCUT2D eigenvalue weighted by atomic mass is 10.1. The summed E-state index contributed by atoms with van der Waals surface area (Å²) in [6.45, 7) is 1.76. The smallest absolute Gasteiger partial charge is 0.193 e. The van der Waals surface area contributed by atoms with Gasteiger partial charge in [0.1, 0.15) is 0 Å². The van der Waals surface area contributed by atoms with Crippen LogP contribution in [0.1, 0.15) is 44.1 Å². The van der Waals surface area contributed by atoms with Gasteiger partial charge in [-0.15, -0.1) is 0 Å². The second-order valence-corrected chi connectivity index (χ2v) is 5.97. The maximum Gasteiger partial charge on any atom is 0.193 e. The van der Waals surface area contributed by atoms with Crippen molar-refractivity contribution in [2.75, 3.05) is 25.6 Å². The van der Waals surface area contributed by atoms with Crippen LogP contribution in [0.2, 0.25) is 0 Å². The van der Waals surface area contributed by atoms with Crippen molar-refractivity contribution in [1.29, 1.82) is 0 Å². The lowest BCUT2D eigenvalue weighted by molar-refractivity contribution is 0.0487. The van der Waals surface area contributed by atoms with Crippen LogP contribution in [0.5, 0.6) is 0 Å². The number of benzene rings is 1. The maximum atomic E-state index is 5.96. The number of anilines is 1. The van der Waals surface area contributed by atoms with E-state index >= 15 is 0 Å². The average Bonchev–Trinajstić information content (AvgIpc) is 2.82. The van der Waals surface area contributed by atoms with Gasteiger partial charge in [0, 0.05) is 18.4 Å². The van der Waals surface area contributed by atoms with Gasteiger partial charge in [0.25, 0.3) is 0 Å². The number of aliphatic imine (C=N–C) groups is 1. The molecule has 1 aromatic carbocycles. The normalized spacial score (nSPS) is 17.0. The average molecular weight is 319 g/mol. The zero-order valence-corrected chi connectivity index (χ0v) is 14.1. The Morgan fingerprint density at radius 2 is 1.96 bits per heavy atom. The summed E-state index contributed by atoms with van der Waals surface area (Å²) >= 11 is 0. The Morgan fingerprint density at radius 3 is 2.70 bits per heavy atom. The third-order valence-corrected chi connectivity index (χ3v) is 4.11. The van der Waals surface area contributed by atoms with Crippen LogP contribution in [0.3, 0.4) is 0 Å². The van der Waals surface area contributed by atoms with E-state index in [0.29, 0.717) is 31.8 Å². The molecule has 23 heavy (non-hydrogen) atoms. The van der Waals surface area contributed by atoms with Gasteiger partial charge in [-0.1, -0.05) is 43.9 Å². The zero-order valence-electron chi connectivity index (χ0n) is 14.1. The van der Waals surface area contributed by atoms with E-state index in [4.69, 9.17) is 15.2 Å². The first-order valence-corrected chi connectivity index (χ1v) is 8.55. The Balaban J connectivity index is 1.74. The van der Waals surface area contributed by atoms with E-state index in [0.717, 1.165) is 11.3 Å². The summed E-state index contributed by atoms with van der Waals surface area (Å²) in [7, 11) is 1.68. The SMILES string of the molecule is COCc1ccccc1NC(N)=NCCOC1CCCCCC1. The topological polar surface area (TPSA) is 68.9 Å². The molecule has 0 amide bonds. The van der Waals surface area contributed by atoms with Crippen molar-refractivity contribution in [1.82, 2.24) is 0 Å². The number of rotatable bonds is 7. The second kappa shape index (κ2) is 10.2. The van der Waals surface area contributed by atoms with Gasteiger partial charge in [-0.25, -0.2) is 0 Å². The van der Waals surface area contributed by atoms with Crippen LogP contribution in [0.4, 0.5) is 5.69 Å². The molecule has 0 atom stereocenters. The molecule has 5 nitrogen and oxygen atoms in total. The van der Waals surface area contributed by atoms with E-state index in [2.05, 4.69) is 10.3 Å². The number of guanidine groups is 1. The molecule has 2 rings (SSSR count). The number of hydrogen-bond acceptors (Lipinski definition) is 3. The summed E-state index contributed by atoms with van der Waals surface area (Å²) in [4.78, 5) is 4.35. The van der Waals surface area contributed by atoms with Crippen LogP contribution in [0.15, 0.2) is 29.3 Å². The first-order valence-electron chi connectivity index (χ1n) is 8.55. The summed E-state index contributed by atoms with van der Waals surface area (Å²) in [5, 5.41) is 3.14. The summed E-state index contributed by atoms with van der Waals surface area (Å²) in [6, 6.07) is 7.92. The monoisotopic (exact) mass is 319 g/mol. The van der Waals surface area contributed by atoms with Gasteiger partial charge < -0.3 is 20.5 Å². The van der Waals surface area contributed by atoms with Crippen molar-refractivity contribution in [3.63, 3.8) is 0 Å². The number of nitrogens with one attached hydrogen (secondary N) is 1. The van der Waals surface area contributed by atoms with Gasteiger partial charge in [0.15, 0.2) is 5.96 Å². The fourth-order valence-electron chi connectivity index (χ4n) is 2.90. The Bertz CT molecular complexity index is 483. The van der Waals surface area contributed by atoms with Gasteiger partial charge in [-0.05, 0) is 18.9 Å².